The fourth-order valence-electron chi connectivity index (χ4n) is 2.14. The largest absolute Gasteiger partial charge is 0.380 e. The summed E-state index contributed by atoms with van der Waals surface area (Å²) >= 11 is 0. The molecule has 1 aliphatic heterocycles. The van der Waals surface area contributed by atoms with Crippen LogP contribution < -0.4 is 0 Å². The first-order valence-corrected chi connectivity index (χ1v) is 6.15. The Morgan fingerprint density at radius 1 is 1.24 bits per heavy atom. The van der Waals surface area contributed by atoms with Crippen molar-refractivity contribution < 1.29 is 4.74 Å². The maximum absolute atomic E-state index is 9.27. The van der Waals surface area contributed by atoms with Crippen LogP contribution in [0.1, 0.15) is 17.9 Å². The normalized spacial score (nSPS) is 19.2. The Morgan fingerprint density at radius 3 is 2.82 bits per heavy atom. The van der Waals surface area contributed by atoms with E-state index in [-0.39, 0.29) is 5.92 Å². The van der Waals surface area contributed by atoms with Crippen LogP contribution in [-0.2, 0) is 4.74 Å². The zero-order valence-corrected chi connectivity index (χ0v) is 10.0. The van der Waals surface area contributed by atoms with Gasteiger partial charge >= 0.3 is 0 Å². The van der Waals surface area contributed by atoms with Crippen LogP contribution in [-0.4, -0.2) is 37.7 Å². The lowest BCUT2D eigenvalue weighted by Crippen LogP contribution is -2.30. The van der Waals surface area contributed by atoms with Gasteiger partial charge in [0, 0.05) is 26.2 Å². The summed E-state index contributed by atoms with van der Waals surface area (Å²) in [6, 6.07) is 12.4. The van der Waals surface area contributed by atoms with Gasteiger partial charge in [0.15, 0.2) is 0 Å². The predicted molar refractivity (Wildman–Crippen MR) is 66.7 cm³/mol. The first kappa shape index (κ1) is 12.1. The summed E-state index contributed by atoms with van der Waals surface area (Å²) in [5.41, 5.74) is 1.11. The van der Waals surface area contributed by atoms with Crippen LogP contribution in [0, 0.1) is 11.3 Å². The molecule has 3 heteroatoms. The number of ether oxygens (including phenoxy) is 1. The minimum absolute atomic E-state index is 0.0331. The summed E-state index contributed by atoms with van der Waals surface area (Å²) < 4.78 is 5.42. The highest BCUT2D eigenvalue weighted by molar-refractivity contribution is 5.25. The van der Waals surface area contributed by atoms with E-state index in [9.17, 15) is 5.26 Å². The summed E-state index contributed by atoms with van der Waals surface area (Å²) in [6.07, 6.45) is 1.06. The lowest BCUT2D eigenvalue weighted by atomic mass is 10.00. The van der Waals surface area contributed by atoms with E-state index >= 15 is 0 Å². The molecular weight excluding hydrogens is 212 g/mol. The second-order valence-corrected chi connectivity index (χ2v) is 4.36. The molecule has 1 heterocycles. The molecule has 1 unspecified atom stereocenters. The average Bonchev–Trinajstić information content (AvgIpc) is 2.65. The van der Waals surface area contributed by atoms with Crippen molar-refractivity contribution >= 4 is 0 Å². The molecule has 0 saturated carbocycles. The quantitative estimate of drug-likeness (QED) is 0.797. The van der Waals surface area contributed by atoms with Gasteiger partial charge < -0.3 is 4.74 Å². The van der Waals surface area contributed by atoms with E-state index in [2.05, 4.69) is 11.0 Å². The maximum Gasteiger partial charge on any atom is 0.0839 e. The van der Waals surface area contributed by atoms with Crippen LogP contribution in [0.5, 0.6) is 0 Å². The molecule has 90 valence electrons. The summed E-state index contributed by atoms with van der Waals surface area (Å²) in [7, 11) is 0. The molecule has 0 N–H and O–H groups in total. The Kier molecular flexibility index (Phi) is 4.54. The second-order valence-electron chi connectivity index (χ2n) is 4.36. The molecule has 17 heavy (non-hydrogen) atoms. The van der Waals surface area contributed by atoms with Crippen molar-refractivity contribution in [2.24, 2.45) is 0 Å². The summed E-state index contributed by atoms with van der Waals surface area (Å²) in [4.78, 5) is 2.33. The van der Waals surface area contributed by atoms with Gasteiger partial charge in [-0.2, -0.15) is 5.26 Å². The number of hydrogen-bond donors (Lipinski definition) is 0. The molecule has 0 aromatic heterocycles. The smallest absolute Gasteiger partial charge is 0.0839 e. The first-order chi connectivity index (χ1) is 8.40. The number of hydrogen-bond acceptors (Lipinski definition) is 3. The van der Waals surface area contributed by atoms with Gasteiger partial charge in [0.1, 0.15) is 0 Å². The molecule has 3 nitrogen and oxygen atoms in total. The highest BCUT2D eigenvalue weighted by Gasteiger charge is 2.16. The van der Waals surface area contributed by atoms with E-state index in [1.807, 2.05) is 30.3 Å². The molecule has 1 aromatic carbocycles. The Hall–Kier alpha value is -1.37. The third-order valence-electron chi connectivity index (χ3n) is 3.11. The van der Waals surface area contributed by atoms with Crippen molar-refractivity contribution in [3.63, 3.8) is 0 Å². The van der Waals surface area contributed by atoms with Crippen LogP contribution in [0.2, 0.25) is 0 Å². The fraction of sp³-hybridized carbons (Fsp3) is 0.500. The summed E-state index contributed by atoms with van der Waals surface area (Å²) in [5.74, 6) is -0.0331. The highest BCUT2D eigenvalue weighted by Crippen LogP contribution is 2.16. The van der Waals surface area contributed by atoms with Crippen LogP contribution >= 0.6 is 0 Å². The van der Waals surface area contributed by atoms with Gasteiger partial charge in [-0.25, -0.2) is 0 Å². The van der Waals surface area contributed by atoms with Gasteiger partial charge in [0.2, 0.25) is 0 Å². The molecule has 0 bridgehead atoms. The van der Waals surface area contributed by atoms with Crippen molar-refractivity contribution in [1.82, 2.24) is 4.90 Å². The van der Waals surface area contributed by atoms with E-state index in [1.54, 1.807) is 0 Å². The highest BCUT2D eigenvalue weighted by atomic mass is 16.5. The minimum atomic E-state index is -0.0331. The first-order valence-electron chi connectivity index (χ1n) is 6.15. The lowest BCUT2D eigenvalue weighted by molar-refractivity contribution is 0.141. The molecule has 1 atom stereocenters. The molecular formula is C14H18N2O. The Labute approximate surface area is 103 Å². The van der Waals surface area contributed by atoms with Crippen molar-refractivity contribution in [2.45, 2.75) is 12.3 Å². The van der Waals surface area contributed by atoms with Crippen molar-refractivity contribution in [1.29, 1.82) is 5.26 Å². The molecule has 0 radical (unpaired) electrons. The molecule has 0 amide bonds. The summed E-state index contributed by atoms with van der Waals surface area (Å²) in [6.45, 7) is 4.41. The van der Waals surface area contributed by atoms with Crippen molar-refractivity contribution in [3.8, 4) is 6.07 Å². The predicted octanol–water partition coefficient (Wildman–Crippen LogP) is 2.02. The molecule has 0 aliphatic carbocycles. The van der Waals surface area contributed by atoms with E-state index in [4.69, 9.17) is 4.74 Å². The number of benzene rings is 1. The van der Waals surface area contributed by atoms with E-state index in [1.165, 1.54) is 0 Å². The monoisotopic (exact) mass is 230 g/mol. The third kappa shape index (κ3) is 3.55. The Bertz CT molecular complexity index is 364. The lowest BCUT2D eigenvalue weighted by Gasteiger charge is -2.22. The van der Waals surface area contributed by atoms with Crippen LogP contribution in [0.4, 0.5) is 0 Å². The van der Waals surface area contributed by atoms with Gasteiger partial charge in [0.25, 0.3) is 0 Å². The number of rotatable bonds is 3. The third-order valence-corrected chi connectivity index (χ3v) is 3.11. The minimum Gasteiger partial charge on any atom is -0.380 e. The number of nitrogens with zero attached hydrogens (tertiary/aromatic N) is 2. The van der Waals surface area contributed by atoms with Crippen LogP contribution in [0.3, 0.4) is 0 Å². The van der Waals surface area contributed by atoms with Crippen LogP contribution in [0.15, 0.2) is 30.3 Å². The summed E-state index contributed by atoms with van der Waals surface area (Å²) in [5, 5.41) is 9.27. The topological polar surface area (TPSA) is 36.3 Å². The molecule has 0 spiro atoms. The molecule has 1 fully saturated rings. The molecule has 1 saturated heterocycles. The van der Waals surface area contributed by atoms with Crippen molar-refractivity contribution in [3.05, 3.63) is 35.9 Å². The fourth-order valence-corrected chi connectivity index (χ4v) is 2.14. The van der Waals surface area contributed by atoms with Gasteiger partial charge in [0.05, 0.1) is 18.6 Å². The molecule has 1 aliphatic rings. The van der Waals surface area contributed by atoms with E-state index in [0.717, 1.165) is 44.8 Å². The van der Waals surface area contributed by atoms with Gasteiger partial charge in [-0.05, 0) is 12.0 Å². The molecule has 1 aromatic rings. The maximum atomic E-state index is 9.27. The zero-order chi connectivity index (χ0) is 11.9. The Morgan fingerprint density at radius 2 is 2.06 bits per heavy atom. The van der Waals surface area contributed by atoms with Crippen LogP contribution in [0.25, 0.3) is 0 Å². The van der Waals surface area contributed by atoms with Gasteiger partial charge in [-0.3, -0.25) is 4.90 Å². The van der Waals surface area contributed by atoms with Gasteiger partial charge in [-0.15, -0.1) is 0 Å². The van der Waals surface area contributed by atoms with E-state index in [0.29, 0.717) is 0 Å². The van der Waals surface area contributed by atoms with Gasteiger partial charge in [-0.1, -0.05) is 30.3 Å². The standard InChI is InChI=1S/C14H18N2O/c15-11-14(13-5-2-1-3-6-13)12-16-7-4-9-17-10-8-16/h1-3,5-6,14H,4,7-10,12H2. The second kappa shape index (κ2) is 6.39. The Balaban J connectivity index is 1.98. The molecule has 2 rings (SSSR count). The van der Waals surface area contributed by atoms with Crippen molar-refractivity contribution in [2.75, 3.05) is 32.8 Å². The SMILES string of the molecule is N#CC(CN1CCCOCC1)c1ccccc1. The number of nitriles is 1. The van der Waals surface area contributed by atoms with E-state index < -0.39 is 0 Å². The average molecular weight is 230 g/mol. The zero-order valence-electron chi connectivity index (χ0n) is 10.0.